The van der Waals surface area contributed by atoms with Crippen molar-refractivity contribution in [2.24, 2.45) is 0 Å². The predicted octanol–water partition coefficient (Wildman–Crippen LogP) is 0.857. The van der Waals surface area contributed by atoms with Crippen LogP contribution in [0.2, 0.25) is 0 Å². The molecule has 1 aliphatic rings. The van der Waals surface area contributed by atoms with Crippen molar-refractivity contribution in [2.75, 3.05) is 4.72 Å². The van der Waals surface area contributed by atoms with E-state index in [9.17, 15) is 8.42 Å². The summed E-state index contributed by atoms with van der Waals surface area (Å²) in [5, 5.41) is 8.34. The zero-order valence-corrected chi connectivity index (χ0v) is 8.66. The third kappa shape index (κ3) is 2.25. The lowest BCUT2D eigenvalue weighted by Crippen LogP contribution is -2.17. The van der Waals surface area contributed by atoms with Crippen LogP contribution in [-0.2, 0) is 10.0 Å². The van der Waals surface area contributed by atoms with Gasteiger partial charge in [-0.05, 0) is 18.9 Å². The molecule has 0 aliphatic heterocycles. The number of hydrogen-bond acceptors (Lipinski definition) is 4. The van der Waals surface area contributed by atoms with Crippen molar-refractivity contribution in [1.82, 2.24) is 4.98 Å². The maximum absolute atomic E-state index is 11.5. The smallest absolute Gasteiger partial charge is 0.235 e. The summed E-state index contributed by atoms with van der Waals surface area (Å²) < 4.78 is 25.5. The van der Waals surface area contributed by atoms with E-state index in [1.807, 2.05) is 6.07 Å². The summed E-state index contributed by atoms with van der Waals surface area (Å²) in [5.41, 5.74) is 0.687. The number of pyridine rings is 1. The van der Waals surface area contributed by atoms with Crippen molar-refractivity contribution in [3.05, 3.63) is 24.0 Å². The lowest BCUT2D eigenvalue weighted by molar-refractivity contribution is 0.600. The van der Waals surface area contributed by atoms with Gasteiger partial charge < -0.3 is 0 Å². The second-order valence-electron chi connectivity index (χ2n) is 3.42. The van der Waals surface area contributed by atoms with Crippen LogP contribution in [-0.4, -0.2) is 18.7 Å². The Labute approximate surface area is 87.8 Å². The highest BCUT2D eigenvalue weighted by Crippen LogP contribution is 2.29. The van der Waals surface area contributed by atoms with Crippen molar-refractivity contribution < 1.29 is 8.42 Å². The monoisotopic (exact) mass is 223 g/mol. The zero-order chi connectivity index (χ0) is 10.9. The van der Waals surface area contributed by atoms with E-state index in [1.165, 1.54) is 18.5 Å². The lowest BCUT2D eigenvalue weighted by atomic mass is 10.3. The summed E-state index contributed by atoms with van der Waals surface area (Å²) in [4.78, 5) is 3.77. The molecule has 0 saturated heterocycles. The van der Waals surface area contributed by atoms with Crippen LogP contribution in [0.5, 0.6) is 0 Å². The molecular weight excluding hydrogens is 214 g/mol. The summed E-state index contributed by atoms with van der Waals surface area (Å²) in [6.45, 7) is 0. The van der Waals surface area contributed by atoms with Crippen LogP contribution in [0.15, 0.2) is 18.5 Å². The predicted molar refractivity (Wildman–Crippen MR) is 54.5 cm³/mol. The molecule has 1 aromatic rings. The number of aromatic nitrogens is 1. The van der Waals surface area contributed by atoms with E-state index in [4.69, 9.17) is 5.26 Å². The molecule has 0 unspecified atom stereocenters. The number of rotatable bonds is 3. The molecule has 1 heterocycles. The van der Waals surface area contributed by atoms with E-state index < -0.39 is 10.0 Å². The van der Waals surface area contributed by atoms with Crippen molar-refractivity contribution in [1.29, 1.82) is 5.26 Å². The van der Waals surface area contributed by atoms with E-state index in [0.29, 0.717) is 24.1 Å². The molecule has 2 rings (SSSR count). The van der Waals surface area contributed by atoms with Gasteiger partial charge in [-0.1, -0.05) is 0 Å². The second-order valence-corrected chi connectivity index (χ2v) is 5.38. The van der Waals surface area contributed by atoms with Crippen LogP contribution >= 0.6 is 0 Å². The number of hydrogen-bond donors (Lipinski definition) is 1. The molecule has 0 atom stereocenters. The number of nitriles is 1. The zero-order valence-electron chi connectivity index (χ0n) is 7.84. The van der Waals surface area contributed by atoms with E-state index in [1.54, 1.807) is 0 Å². The molecule has 0 radical (unpaired) electrons. The van der Waals surface area contributed by atoms with E-state index in [2.05, 4.69) is 9.71 Å². The first kappa shape index (κ1) is 9.93. The Balaban J connectivity index is 2.21. The van der Waals surface area contributed by atoms with Gasteiger partial charge >= 0.3 is 0 Å². The summed E-state index contributed by atoms with van der Waals surface area (Å²) in [6, 6.07) is 3.37. The third-order valence-electron chi connectivity index (χ3n) is 2.09. The molecule has 5 nitrogen and oxygen atoms in total. The fourth-order valence-electron chi connectivity index (χ4n) is 1.18. The van der Waals surface area contributed by atoms with Crippen LogP contribution in [0.3, 0.4) is 0 Å². The normalized spacial score (nSPS) is 15.7. The second kappa shape index (κ2) is 3.51. The topological polar surface area (TPSA) is 82.8 Å². The van der Waals surface area contributed by atoms with Crippen LogP contribution < -0.4 is 4.72 Å². The minimum Gasteiger partial charge on any atom is -0.282 e. The largest absolute Gasteiger partial charge is 0.282 e. The van der Waals surface area contributed by atoms with Gasteiger partial charge in [0, 0.05) is 6.20 Å². The Morgan fingerprint density at radius 2 is 2.20 bits per heavy atom. The molecule has 6 heteroatoms. The summed E-state index contributed by atoms with van der Waals surface area (Å²) in [5.74, 6) is 0. The van der Waals surface area contributed by atoms with E-state index in [0.717, 1.165) is 0 Å². The number of anilines is 1. The SMILES string of the molecule is N#Cc1cncc(NS(=O)(=O)C2CC2)c1. The Morgan fingerprint density at radius 1 is 1.47 bits per heavy atom. The maximum Gasteiger partial charge on any atom is 0.235 e. The molecule has 78 valence electrons. The summed E-state index contributed by atoms with van der Waals surface area (Å²) >= 11 is 0. The average Bonchev–Trinajstić information content (AvgIpc) is 3.00. The first-order chi connectivity index (χ1) is 7.12. The summed E-state index contributed by atoms with van der Waals surface area (Å²) in [6.07, 6.45) is 4.19. The molecule has 0 aromatic carbocycles. The van der Waals surface area contributed by atoms with Crippen LogP contribution in [0.4, 0.5) is 5.69 Å². The van der Waals surface area contributed by atoms with Gasteiger partial charge in [-0.15, -0.1) is 0 Å². The molecule has 15 heavy (non-hydrogen) atoms. The van der Waals surface area contributed by atoms with E-state index in [-0.39, 0.29) is 5.25 Å². The fourth-order valence-corrected chi connectivity index (χ4v) is 2.55. The molecule has 0 spiro atoms. The van der Waals surface area contributed by atoms with Crippen molar-refractivity contribution >= 4 is 15.7 Å². The molecule has 1 saturated carbocycles. The average molecular weight is 223 g/mol. The quantitative estimate of drug-likeness (QED) is 0.823. The first-order valence-electron chi connectivity index (χ1n) is 4.48. The first-order valence-corrected chi connectivity index (χ1v) is 6.03. The summed E-state index contributed by atoms with van der Waals surface area (Å²) in [7, 11) is -3.26. The maximum atomic E-state index is 11.5. The van der Waals surface area contributed by atoms with Gasteiger partial charge in [0.25, 0.3) is 0 Å². The number of nitrogens with one attached hydrogen (secondary N) is 1. The van der Waals surface area contributed by atoms with Crippen LogP contribution in [0.25, 0.3) is 0 Å². The highest BCUT2D eigenvalue weighted by Gasteiger charge is 2.35. The molecule has 1 aromatic heterocycles. The van der Waals surface area contributed by atoms with Gasteiger partial charge in [-0.25, -0.2) is 8.42 Å². The lowest BCUT2D eigenvalue weighted by Gasteiger charge is -2.05. The Hall–Kier alpha value is -1.61. The van der Waals surface area contributed by atoms with Gasteiger partial charge in [0.05, 0.1) is 22.7 Å². The van der Waals surface area contributed by atoms with Crippen molar-refractivity contribution in [3.63, 3.8) is 0 Å². The van der Waals surface area contributed by atoms with Gasteiger partial charge in [0.1, 0.15) is 6.07 Å². The molecule has 1 N–H and O–H groups in total. The standard InChI is InChI=1S/C9H9N3O2S/c10-4-7-3-8(6-11-5-7)12-15(13,14)9-1-2-9/h3,5-6,9,12H,1-2H2. The molecule has 1 fully saturated rings. The third-order valence-corrected chi connectivity index (χ3v) is 3.96. The molecule has 1 aliphatic carbocycles. The van der Waals surface area contributed by atoms with Crippen LogP contribution in [0, 0.1) is 11.3 Å². The highest BCUT2D eigenvalue weighted by molar-refractivity contribution is 7.93. The fraction of sp³-hybridized carbons (Fsp3) is 0.333. The Bertz CT molecular complexity index is 514. The molecule has 0 amide bonds. The van der Waals surface area contributed by atoms with Gasteiger partial charge in [0.2, 0.25) is 10.0 Å². The van der Waals surface area contributed by atoms with Gasteiger partial charge in [-0.2, -0.15) is 5.26 Å². The molecule has 0 bridgehead atoms. The van der Waals surface area contributed by atoms with Gasteiger partial charge in [-0.3, -0.25) is 9.71 Å². The van der Waals surface area contributed by atoms with Crippen molar-refractivity contribution in [2.45, 2.75) is 18.1 Å². The Morgan fingerprint density at radius 3 is 2.80 bits per heavy atom. The minimum atomic E-state index is -3.26. The van der Waals surface area contributed by atoms with E-state index >= 15 is 0 Å². The minimum absolute atomic E-state index is 0.275. The van der Waals surface area contributed by atoms with Gasteiger partial charge in [0.15, 0.2) is 0 Å². The highest BCUT2D eigenvalue weighted by atomic mass is 32.2. The number of nitrogens with zero attached hydrogens (tertiary/aromatic N) is 2. The molecular formula is C9H9N3O2S. The Kier molecular flexibility index (Phi) is 2.32. The number of sulfonamides is 1. The van der Waals surface area contributed by atoms with Crippen LogP contribution in [0.1, 0.15) is 18.4 Å². The van der Waals surface area contributed by atoms with Crippen molar-refractivity contribution in [3.8, 4) is 6.07 Å².